The van der Waals surface area contributed by atoms with Crippen LogP contribution in [0.3, 0.4) is 0 Å². The van der Waals surface area contributed by atoms with Gasteiger partial charge in [-0.3, -0.25) is 0 Å². The van der Waals surface area contributed by atoms with E-state index in [1.165, 1.54) is 0 Å². The van der Waals surface area contributed by atoms with E-state index in [0.29, 0.717) is 6.54 Å². The van der Waals surface area contributed by atoms with Crippen molar-refractivity contribution >= 4 is 0 Å². The molecule has 0 unspecified atom stereocenters. The molecule has 2 nitrogen and oxygen atoms in total. The van der Waals surface area contributed by atoms with Gasteiger partial charge in [0.15, 0.2) is 0 Å². The summed E-state index contributed by atoms with van der Waals surface area (Å²) in [5, 5.41) is 12.5. The molecule has 1 atom stereocenters. The van der Waals surface area contributed by atoms with Crippen LogP contribution in [0.25, 0.3) is 0 Å². The first kappa shape index (κ1) is 4.09. The summed E-state index contributed by atoms with van der Waals surface area (Å²) in [6, 6.07) is 0. The zero-order chi connectivity index (χ0) is 4.41. The summed E-state index contributed by atoms with van der Waals surface area (Å²) in [7, 11) is 0. The van der Waals surface area contributed by atoms with Crippen molar-refractivity contribution in [1.82, 2.24) is 5.32 Å². The Kier molecular flexibility index (Phi) is 1.08. The first-order chi connectivity index (χ1) is 2.89. The Morgan fingerprint density at radius 1 is 1.67 bits per heavy atom. The average Bonchev–Trinajstić information content (AvgIpc) is 1.86. The summed E-state index contributed by atoms with van der Waals surface area (Å²) in [6.07, 6.45) is 0.755. The zero-order valence-corrected chi connectivity index (χ0v) is 3.59. The minimum absolute atomic E-state index is 0.120. The van der Waals surface area contributed by atoms with Crippen molar-refractivity contribution in [2.45, 2.75) is 12.5 Å². The highest BCUT2D eigenvalue weighted by Crippen LogP contribution is 1.95. The van der Waals surface area contributed by atoms with E-state index in [1.807, 2.05) is 0 Å². The van der Waals surface area contributed by atoms with Gasteiger partial charge in [0.1, 0.15) is 0 Å². The Labute approximate surface area is 37.2 Å². The third kappa shape index (κ3) is 0.698. The molecule has 0 aromatic rings. The Bertz CT molecular complexity index is 40.8. The maximum absolute atomic E-state index is 8.64. The van der Waals surface area contributed by atoms with Gasteiger partial charge in [-0.25, -0.2) is 5.32 Å². The molecule has 1 N–H and O–H groups in total. The predicted octanol–water partition coefficient (Wildman–Crippen LogP) is -0.645. The molecule has 1 aliphatic rings. The van der Waals surface area contributed by atoms with Crippen LogP contribution in [-0.4, -0.2) is 24.3 Å². The summed E-state index contributed by atoms with van der Waals surface area (Å²) in [6.45, 7) is 1.53. The number of hydrogen-bond acceptors (Lipinski definition) is 1. The number of aliphatic hydroxyl groups excluding tert-OH is 1. The molecule has 1 aliphatic heterocycles. The highest BCUT2D eigenvalue weighted by atomic mass is 16.3. The van der Waals surface area contributed by atoms with Gasteiger partial charge in [0.2, 0.25) is 0 Å². The van der Waals surface area contributed by atoms with E-state index in [4.69, 9.17) is 5.11 Å². The first-order valence-corrected chi connectivity index (χ1v) is 2.21. The van der Waals surface area contributed by atoms with Gasteiger partial charge in [0.25, 0.3) is 0 Å². The molecule has 0 aliphatic carbocycles. The number of aliphatic hydroxyl groups is 1. The van der Waals surface area contributed by atoms with E-state index in [2.05, 4.69) is 5.32 Å². The highest BCUT2D eigenvalue weighted by molar-refractivity contribution is 4.67. The molecule has 1 saturated heterocycles. The van der Waals surface area contributed by atoms with Gasteiger partial charge < -0.3 is 5.11 Å². The fraction of sp³-hybridized carbons (Fsp3) is 1.00. The molecule has 0 bridgehead atoms. The maximum atomic E-state index is 8.64. The quantitative estimate of drug-likeness (QED) is 0.418. The molecule has 0 spiro atoms. The zero-order valence-electron chi connectivity index (χ0n) is 3.59. The van der Waals surface area contributed by atoms with Crippen molar-refractivity contribution in [3.63, 3.8) is 0 Å². The van der Waals surface area contributed by atoms with Crippen LogP contribution >= 0.6 is 0 Å². The van der Waals surface area contributed by atoms with Crippen LogP contribution in [0.15, 0.2) is 0 Å². The molecular weight excluding hydrogens is 78.0 g/mol. The van der Waals surface area contributed by atoms with Crippen molar-refractivity contribution in [1.29, 1.82) is 0 Å². The highest BCUT2D eigenvalue weighted by Gasteiger charge is 2.09. The molecule has 6 heavy (non-hydrogen) atoms. The molecule has 0 aromatic heterocycles. The molecule has 35 valence electrons. The lowest BCUT2D eigenvalue weighted by molar-refractivity contribution is 0.196. The Balaban J connectivity index is 2.18. The Hall–Kier alpha value is -0.0800. The molecule has 0 aromatic carbocycles. The molecule has 1 fully saturated rings. The summed E-state index contributed by atoms with van der Waals surface area (Å²) in [4.78, 5) is 0. The van der Waals surface area contributed by atoms with Crippen LogP contribution in [-0.2, 0) is 0 Å². The second kappa shape index (κ2) is 1.58. The van der Waals surface area contributed by atoms with Gasteiger partial charge in [-0.1, -0.05) is 0 Å². The molecular formula is C4H8NO. The van der Waals surface area contributed by atoms with Crippen molar-refractivity contribution in [2.24, 2.45) is 0 Å². The molecule has 0 saturated carbocycles. The lowest BCUT2D eigenvalue weighted by Gasteiger charge is -1.89. The first-order valence-electron chi connectivity index (χ1n) is 2.21. The van der Waals surface area contributed by atoms with Crippen LogP contribution in [0.2, 0.25) is 0 Å². The van der Waals surface area contributed by atoms with E-state index in [9.17, 15) is 0 Å². The summed E-state index contributed by atoms with van der Waals surface area (Å²) >= 11 is 0. The third-order valence-corrected chi connectivity index (χ3v) is 0.960. The summed E-state index contributed by atoms with van der Waals surface area (Å²) in [5.74, 6) is 0. The van der Waals surface area contributed by atoms with E-state index in [-0.39, 0.29) is 6.10 Å². The minimum atomic E-state index is -0.120. The van der Waals surface area contributed by atoms with Crippen LogP contribution in [0.5, 0.6) is 0 Å². The Morgan fingerprint density at radius 2 is 2.50 bits per heavy atom. The number of rotatable bonds is 0. The smallest absolute Gasteiger partial charge is 0.0694 e. The fourth-order valence-corrected chi connectivity index (χ4v) is 0.572. The molecule has 2 heteroatoms. The minimum Gasteiger partial charge on any atom is -0.392 e. The van der Waals surface area contributed by atoms with E-state index >= 15 is 0 Å². The van der Waals surface area contributed by atoms with Gasteiger partial charge in [-0.2, -0.15) is 0 Å². The monoisotopic (exact) mass is 86.1 g/mol. The maximum Gasteiger partial charge on any atom is 0.0694 e. The van der Waals surface area contributed by atoms with Gasteiger partial charge >= 0.3 is 0 Å². The second-order valence-corrected chi connectivity index (χ2v) is 1.57. The van der Waals surface area contributed by atoms with Crippen molar-refractivity contribution < 1.29 is 5.11 Å². The van der Waals surface area contributed by atoms with Gasteiger partial charge in [0, 0.05) is 13.1 Å². The lowest BCUT2D eigenvalue weighted by atomic mass is 10.3. The lowest BCUT2D eigenvalue weighted by Crippen LogP contribution is -2.06. The number of hydrogen-bond donors (Lipinski definition) is 1. The van der Waals surface area contributed by atoms with Gasteiger partial charge in [-0.05, 0) is 6.42 Å². The second-order valence-electron chi connectivity index (χ2n) is 1.57. The normalized spacial score (nSPS) is 34.5. The standard InChI is InChI=1S/C4H8NO/c6-4-1-2-5-3-4/h4,6H,1-3H2/t4-/m1/s1. The topological polar surface area (TPSA) is 34.3 Å². The van der Waals surface area contributed by atoms with Crippen molar-refractivity contribution in [3.8, 4) is 0 Å². The summed E-state index contributed by atoms with van der Waals surface area (Å²) in [5.41, 5.74) is 0. The summed E-state index contributed by atoms with van der Waals surface area (Å²) < 4.78 is 0. The van der Waals surface area contributed by atoms with E-state index < -0.39 is 0 Å². The molecule has 1 rings (SSSR count). The average molecular weight is 86.1 g/mol. The van der Waals surface area contributed by atoms with Crippen LogP contribution < -0.4 is 5.32 Å². The predicted molar refractivity (Wildman–Crippen MR) is 22.5 cm³/mol. The van der Waals surface area contributed by atoms with Crippen LogP contribution in [0.4, 0.5) is 0 Å². The Morgan fingerprint density at radius 3 is 2.67 bits per heavy atom. The van der Waals surface area contributed by atoms with Crippen LogP contribution in [0.1, 0.15) is 6.42 Å². The third-order valence-electron chi connectivity index (χ3n) is 0.960. The van der Waals surface area contributed by atoms with E-state index in [0.717, 1.165) is 13.0 Å². The largest absolute Gasteiger partial charge is 0.392 e. The fourth-order valence-electron chi connectivity index (χ4n) is 0.572. The van der Waals surface area contributed by atoms with Gasteiger partial charge in [0.05, 0.1) is 6.10 Å². The number of nitrogens with zero attached hydrogens (tertiary/aromatic N) is 1. The van der Waals surface area contributed by atoms with Crippen LogP contribution in [0, 0.1) is 0 Å². The SMILES string of the molecule is O[C@@H]1CC[N]C1. The van der Waals surface area contributed by atoms with Crippen molar-refractivity contribution in [2.75, 3.05) is 13.1 Å². The molecule has 0 amide bonds. The molecule has 1 radical (unpaired) electrons. The van der Waals surface area contributed by atoms with Crippen molar-refractivity contribution in [3.05, 3.63) is 0 Å². The molecule has 1 heterocycles. The van der Waals surface area contributed by atoms with E-state index in [1.54, 1.807) is 0 Å². The van der Waals surface area contributed by atoms with Gasteiger partial charge in [-0.15, -0.1) is 0 Å².